The lowest BCUT2D eigenvalue weighted by molar-refractivity contribution is 0.483. The standard InChI is InChI=1S/C12H11BrClNO/c13-12-4-3-10(14)6-9(12)7-15-8-11-2-1-5-16-11/h1-6,15H,7-8H2. The Kier molecular flexibility index (Phi) is 4.04. The Balaban J connectivity index is 1.92. The Labute approximate surface area is 108 Å². The first kappa shape index (κ1) is 11.7. The van der Waals surface area contributed by atoms with Gasteiger partial charge in [0.2, 0.25) is 0 Å². The third-order valence-corrected chi connectivity index (χ3v) is 3.21. The van der Waals surface area contributed by atoms with Crippen molar-refractivity contribution in [2.24, 2.45) is 0 Å². The van der Waals surface area contributed by atoms with Crippen molar-refractivity contribution in [1.29, 1.82) is 0 Å². The van der Waals surface area contributed by atoms with Gasteiger partial charge in [-0.15, -0.1) is 0 Å². The second-order valence-corrected chi connectivity index (χ2v) is 4.71. The predicted octanol–water partition coefficient (Wildman–Crippen LogP) is 3.99. The number of furan rings is 1. The molecule has 0 amide bonds. The van der Waals surface area contributed by atoms with Crippen molar-refractivity contribution in [3.05, 3.63) is 57.4 Å². The molecule has 2 aromatic rings. The normalized spacial score (nSPS) is 10.6. The van der Waals surface area contributed by atoms with Crippen LogP contribution in [0.4, 0.5) is 0 Å². The minimum absolute atomic E-state index is 0.714. The van der Waals surface area contributed by atoms with Crippen molar-refractivity contribution in [2.45, 2.75) is 13.1 Å². The van der Waals surface area contributed by atoms with Gasteiger partial charge in [-0.2, -0.15) is 0 Å². The van der Waals surface area contributed by atoms with Gasteiger partial charge < -0.3 is 9.73 Å². The summed E-state index contributed by atoms with van der Waals surface area (Å²) in [5, 5.41) is 4.04. The van der Waals surface area contributed by atoms with Gasteiger partial charge in [0.15, 0.2) is 0 Å². The highest BCUT2D eigenvalue weighted by molar-refractivity contribution is 9.10. The van der Waals surface area contributed by atoms with E-state index >= 15 is 0 Å². The lowest BCUT2D eigenvalue weighted by atomic mass is 10.2. The summed E-state index contributed by atoms with van der Waals surface area (Å²) in [6.45, 7) is 1.47. The van der Waals surface area contributed by atoms with Crippen LogP contribution in [0.5, 0.6) is 0 Å². The molecule has 0 atom stereocenters. The highest BCUT2D eigenvalue weighted by atomic mass is 79.9. The second kappa shape index (κ2) is 5.53. The van der Waals surface area contributed by atoms with Gasteiger partial charge in [0.25, 0.3) is 0 Å². The molecule has 0 unspecified atom stereocenters. The number of nitrogens with one attached hydrogen (secondary N) is 1. The van der Waals surface area contributed by atoms with Crippen LogP contribution in [-0.2, 0) is 13.1 Å². The number of rotatable bonds is 4. The quantitative estimate of drug-likeness (QED) is 0.924. The molecule has 2 rings (SSSR count). The molecular formula is C12H11BrClNO. The fraction of sp³-hybridized carbons (Fsp3) is 0.167. The number of hydrogen-bond donors (Lipinski definition) is 1. The van der Waals surface area contributed by atoms with Gasteiger partial charge >= 0.3 is 0 Å². The summed E-state index contributed by atoms with van der Waals surface area (Å²) >= 11 is 9.42. The zero-order valence-electron chi connectivity index (χ0n) is 8.54. The lowest BCUT2D eigenvalue weighted by Gasteiger charge is -2.06. The highest BCUT2D eigenvalue weighted by Crippen LogP contribution is 2.21. The topological polar surface area (TPSA) is 25.2 Å². The van der Waals surface area contributed by atoms with E-state index in [9.17, 15) is 0 Å². The summed E-state index contributed by atoms with van der Waals surface area (Å²) in [5.74, 6) is 0.929. The van der Waals surface area contributed by atoms with E-state index < -0.39 is 0 Å². The molecule has 84 valence electrons. The molecule has 0 spiro atoms. The summed E-state index contributed by atoms with van der Waals surface area (Å²) in [7, 11) is 0. The molecule has 0 saturated heterocycles. The first-order valence-electron chi connectivity index (χ1n) is 4.93. The molecular weight excluding hydrogens is 289 g/mol. The van der Waals surface area contributed by atoms with E-state index in [1.165, 1.54) is 0 Å². The van der Waals surface area contributed by atoms with Crippen LogP contribution in [0.25, 0.3) is 0 Å². The highest BCUT2D eigenvalue weighted by Gasteiger charge is 2.01. The third-order valence-electron chi connectivity index (χ3n) is 2.20. The zero-order chi connectivity index (χ0) is 11.4. The zero-order valence-corrected chi connectivity index (χ0v) is 10.9. The minimum Gasteiger partial charge on any atom is -0.468 e. The predicted molar refractivity (Wildman–Crippen MR) is 68.4 cm³/mol. The Bertz CT molecular complexity index is 456. The van der Waals surface area contributed by atoms with Crippen molar-refractivity contribution >= 4 is 27.5 Å². The monoisotopic (exact) mass is 299 g/mol. The molecule has 0 aliphatic rings. The molecule has 1 heterocycles. The van der Waals surface area contributed by atoms with Gasteiger partial charge in [0.05, 0.1) is 12.8 Å². The van der Waals surface area contributed by atoms with Crippen LogP contribution in [0.1, 0.15) is 11.3 Å². The van der Waals surface area contributed by atoms with Crippen LogP contribution >= 0.6 is 27.5 Å². The molecule has 0 radical (unpaired) electrons. The van der Waals surface area contributed by atoms with E-state index in [1.807, 2.05) is 30.3 Å². The van der Waals surface area contributed by atoms with Crippen LogP contribution in [0, 0.1) is 0 Å². The van der Waals surface area contributed by atoms with Gasteiger partial charge in [-0.3, -0.25) is 0 Å². The van der Waals surface area contributed by atoms with Crippen molar-refractivity contribution in [3.63, 3.8) is 0 Å². The molecule has 4 heteroatoms. The first-order valence-corrected chi connectivity index (χ1v) is 6.10. The van der Waals surface area contributed by atoms with Crippen LogP contribution in [0.2, 0.25) is 5.02 Å². The summed E-state index contributed by atoms with van der Waals surface area (Å²) in [6.07, 6.45) is 1.67. The molecule has 2 nitrogen and oxygen atoms in total. The van der Waals surface area contributed by atoms with Crippen LogP contribution in [-0.4, -0.2) is 0 Å². The average Bonchev–Trinajstić information content (AvgIpc) is 2.76. The first-order chi connectivity index (χ1) is 7.75. The summed E-state index contributed by atoms with van der Waals surface area (Å²) < 4.78 is 6.28. The Hall–Kier alpha value is -0.770. The molecule has 1 aromatic carbocycles. The van der Waals surface area contributed by atoms with Crippen molar-refractivity contribution in [3.8, 4) is 0 Å². The van der Waals surface area contributed by atoms with E-state index in [0.29, 0.717) is 6.54 Å². The molecule has 0 fully saturated rings. The van der Waals surface area contributed by atoms with E-state index in [0.717, 1.165) is 27.4 Å². The molecule has 0 aliphatic carbocycles. The molecule has 0 saturated carbocycles. The van der Waals surface area contributed by atoms with Crippen LogP contribution < -0.4 is 5.32 Å². The SMILES string of the molecule is Clc1ccc(Br)c(CNCc2ccco2)c1. The summed E-state index contributed by atoms with van der Waals surface area (Å²) in [4.78, 5) is 0. The summed E-state index contributed by atoms with van der Waals surface area (Å²) in [6, 6.07) is 9.58. The fourth-order valence-electron chi connectivity index (χ4n) is 1.41. The van der Waals surface area contributed by atoms with E-state index in [-0.39, 0.29) is 0 Å². The maximum absolute atomic E-state index is 5.93. The number of benzene rings is 1. The summed E-state index contributed by atoms with van der Waals surface area (Å²) in [5.41, 5.74) is 1.14. The van der Waals surface area contributed by atoms with Gasteiger partial charge in [-0.1, -0.05) is 27.5 Å². The largest absolute Gasteiger partial charge is 0.468 e. The Morgan fingerprint density at radius 3 is 2.88 bits per heavy atom. The van der Waals surface area contributed by atoms with Gasteiger partial charge in [0, 0.05) is 16.0 Å². The number of hydrogen-bond acceptors (Lipinski definition) is 2. The maximum atomic E-state index is 5.93. The van der Waals surface area contributed by atoms with E-state index in [1.54, 1.807) is 6.26 Å². The third kappa shape index (κ3) is 3.11. The molecule has 1 aromatic heterocycles. The van der Waals surface area contributed by atoms with Crippen LogP contribution in [0.15, 0.2) is 45.5 Å². The molecule has 0 aliphatic heterocycles. The number of halogens is 2. The van der Waals surface area contributed by atoms with Crippen molar-refractivity contribution in [1.82, 2.24) is 5.32 Å². The average molecular weight is 301 g/mol. The van der Waals surface area contributed by atoms with E-state index in [2.05, 4.69) is 21.2 Å². The van der Waals surface area contributed by atoms with Gasteiger partial charge in [-0.25, -0.2) is 0 Å². The molecule has 16 heavy (non-hydrogen) atoms. The smallest absolute Gasteiger partial charge is 0.117 e. The molecule has 0 bridgehead atoms. The minimum atomic E-state index is 0.714. The fourth-order valence-corrected chi connectivity index (χ4v) is 1.99. The lowest BCUT2D eigenvalue weighted by Crippen LogP contribution is -2.12. The van der Waals surface area contributed by atoms with Gasteiger partial charge in [-0.05, 0) is 35.9 Å². The van der Waals surface area contributed by atoms with Gasteiger partial charge in [0.1, 0.15) is 5.76 Å². The Morgan fingerprint density at radius 2 is 2.12 bits per heavy atom. The van der Waals surface area contributed by atoms with Crippen molar-refractivity contribution in [2.75, 3.05) is 0 Å². The maximum Gasteiger partial charge on any atom is 0.117 e. The van der Waals surface area contributed by atoms with Crippen LogP contribution in [0.3, 0.4) is 0 Å². The van der Waals surface area contributed by atoms with E-state index in [4.69, 9.17) is 16.0 Å². The second-order valence-electron chi connectivity index (χ2n) is 3.42. The van der Waals surface area contributed by atoms with Crippen molar-refractivity contribution < 1.29 is 4.42 Å². The molecule has 1 N–H and O–H groups in total. The Morgan fingerprint density at radius 1 is 1.25 bits per heavy atom.